The number of hydrogen-bond donors (Lipinski definition) is 1. The molecule has 2 rings (SSSR count). The molecular formula is C12H9N3O. The fourth-order valence-electron chi connectivity index (χ4n) is 1.39. The molecule has 4 nitrogen and oxygen atoms in total. The molecule has 1 N–H and O–H groups in total. The van der Waals surface area contributed by atoms with Gasteiger partial charge in [-0.15, -0.1) is 0 Å². The van der Waals surface area contributed by atoms with Gasteiger partial charge in [0.1, 0.15) is 5.69 Å². The Kier molecular flexibility index (Phi) is 2.79. The van der Waals surface area contributed by atoms with E-state index >= 15 is 0 Å². The Bertz CT molecular complexity index is 520. The number of nitrogens with zero attached hydrogens (tertiary/aromatic N) is 2. The Morgan fingerprint density at radius 1 is 1.38 bits per heavy atom. The molecule has 0 aliphatic rings. The van der Waals surface area contributed by atoms with Gasteiger partial charge in [0.15, 0.2) is 5.78 Å². The third-order valence-electron chi connectivity index (χ3n) is 2.25. The number of H-pyrrole nitrogens is 1. The second-order valence-electron chi connectivity index (χ2n) is 3.37. The molecule has 0 saturated carbocycles. The number of ketones is 1. The van der Waals surface area contributed by atoms with Crippen LogP contribution in [0.2, 0.25) is 0 Å². The molecule has 0 radical (unpaired) electrons. The molecule has 16 heavy (non-hydrogen) atoms. The number of aromatic nitrogens is 2. The average Bonchev–Trinajstić information content (AvgIpc) is 2.83. The zero-order valence-corrected chi connectivity index (χ0v) is 8.47. The average molecular weight is 211 g/mol. The van der Waals surface area contributed by atoms with Crippen molar-refractivity contribution in [2.45, 2.75) is 6.42 Å². The normalized spacial score (nSPS) is 9.69. The van der Waals surface area contributed by atoms with Crippen LogP contribution in [0.1, 0.15) is 21.6 Å². The minimum absolute atomic E-state index is 0.0118. The molecule has 0 fully saturated rings. The van der Waals surface area contributed by atoms with Crippen molar-refractivity contribution in [2.24, 2.45) is 0 Å². The lowest BCUT2D eigenvalue weighted by atomic mass is 10.1. The van der Waals surface area contributed by atoms with Crippen molar-refractivity contribution >= 4 is 5.78 Å². The first kappa shape index (κ1) is 10.1. The molecule has 1 heterocycles. The van der Waals surface area contributed by atoms with Crippen LogP contribution < -0.4 is 0 Å². The molecule has 0 unspecified atom stereocenters. The molecule has 0 saturated heterocycles. The lowest BCUT2D eigenvalue weighted by molar-refractivity contribution is 0.0988. The van der Waals surface area contributed by atoms with E-state index in [0.717, 1.165) is 5.56 Å². The van der Waals surface area contributed by atoms with E-state index in [9.17, 15) is 4.79 Å². The summed E-state index contributed by atoms with van der Waals surface area (Å²) in [5.74, 6) is -0.0118. The van der Waals surface area contributed by atoms with Gasteiger partial charge < -0.3 is 4.98 Å². The summed E-state index contributed by atoms with van der Waals surface area (Å²) in [5, 5.41) is 8.63. The molecule has 0 atom stereocenters. The van der Waals surface area contributed by atoms with Crippen molar-refractivity contribution in [1.29, 1.82) is 5.26 Å². The van der Waals surface area contributed by atoms with Gasteiger partial charge in [0.2, 0.25) is 0 Å². The predicted molar refractivity (Wildman–Crippen MR) is 57.8 cm³/mol. The highest BCUT2D eigenvalue weighted by atomic mass is 16.1. The van der Waals surface area contributed by atoms with Crippen molar-refractivity contribution < 1.29 is 4.79 Å². The first-order valence-corrected chi connectivity index (χ1v) is 4.80. The summed E-state index contributed by atoms with van der Waals surface area (Å²) in [5.41, 5.74) is 1.99. The second kappa shape index (κ2) is 4.41. The maximum absolute atomic E-state index is 11.7. The van der Waals surface area contributed by atoms with Crippen molar-refractivity contribution in [3.8, 4) is 6.07 Å². The van der Waals surface area contributed by atoms with Crippen LogP contribution in [0.4, 0.5) is 0 Å². The highest BCUT2D eigenvalue weighted by molar-refractivity contribution is 5.95. The molecule has 0 aliphatic heterocycles. The monoisotopic (exact) mass is 211 g/mol. The largest absolute Gasteiger partial charge is 0.342 e. The van der Waals surface area contributed by atoms with E-state index in [2.05, 4.69) is 9.97 Å². The van der Waals surface area contributed by atoms with Crippen molar-refractivity contribution in [1.82, 2.24) is 9.97 Å². The number of aromatic amines is 1. The number of nitriles is 1. The van der Waals surface area contributed by atoms with Gasteiger partial charge in [0, 0.05) is 6.42 Å². The summed E-state index contributed by atoms with van der Waals surface area (Å²) in [4.78, 5) is 18.3. The number of carbonyl (C=O) groups is 1. The Morgan fingerprint density at radius 3 is 2.69 bits per heavy atom. The second-order valence-corrected chi connectivity index (χ2v) is 3.37. The van der Waals surface area contributed by atoms with Crippen molar-refractivity contribution in [3.63, 3.8) is 0 Å². The lowest BCUT2D eigenvalue weighted by Gasteiger charge is -1.98. The van der Waals surface area contributed by atoms with Gasteiger partial charge in [-0.3, -0.25) is 4.79 Å². The first-order chi connectivity index (χ1) is 7.79. The molecule has 0 spiro atoms. The minimum Gasteiger partial charge on any atom is -0.342 e. The van der Waals surface area contributed by atoms with Crippen LogP contribution in [0.3, 0.4) is 0 Å². The molecule has 0 amide bonds. The van der Waals surface area contributed by atoms with Crippen LogP contribution in [0.5, 0.6) is 0 Å². The molecule has 1 aromatic heterocycles. The van der Waals surface area contributed by atoms with Crippen LogP contribution in [-0.2, 0) is 6.42 Å². The third kappa shape index (κ3) is 2.15. The minimum atomic E-state index is -0.0118. The first-order valence-electron chi connectivity index (χ1n) is 4.80. The van der Waals surface area contributed by atoms with E-state index in [-0.39, 0.29) is 5.78 Å². The van der Waals surface area contributed by atoms with Crippen LogP contribution >= 0.6 is 0 Å². The van der Waals surface area contributed by atoms with Crippen molar-refractivity contribution in [3.05, 3.63) is 53.6 Å². The quantitative estimate of drug-likeness (QED) is 0.785. The van der Waals surface area contributed by atoms with E-state index in [1.807, 2.05) is 6.07 Å². The summed E-state index contributed by atoms with van der Waals surface area (Å²) in [6.07, 6.45) is 3.30. The third-order valence-corrected chi connectivity index (χ3v) is 2.25. The molecule has 4 heteroatoms. The van der Waals surface area contributed by atoms with E-state index in [4.69, 9.17) is 5.26 Å². The van der Waals surface area contributed by atoms with Gasteiger partial charge >= 0.3 is 0 Å². The van der Waals surface area contributed by atoms with Crippen molar-refractivity contribution in [2.75, 3.05) is 0 Å². The topological polar surface area (TPSA) is 69.5 Å². The number of benzene rings is 1. The number of rotatable bonds is 3. The molecule has 78 valence electrons. The Hall–Kier alpha value is -2.41. The van der Waals surface area contributed by atoms with Crippen LogP contribution in [0, 0.1) is 11.3 Å². The van der Waals surface area contributed by atoms with Crippen LogP contribution in [0.15, 0.2) is 36.8 Å². The number of imidazole rings is 1. The molecule has 1 aromatic carbocycles. The Labute approximate surface area is 92.6 Å². The molecular weight excluding hydrogens is 202 g/mol. The summed E-state index contributed by atoms with van der Waals surface area (Å²) < 4.78 is 0. The maximum Gasteiger partial charge on any atom is 0.184 e. The highest BCUT2D eigenvalue weighted by Crippen LogP contribution is 2.07. The highest BCUT2D eigenvalue weighted by Gasteiger charge is 2.07. The fraction of sp³-hybridized carbons (Fsp3) is 0.0833. The van der Waals surface area contributed by atoms with E-state index < -0.39 is 0 Å². The smallest absolute Gasteiger partial charge is 0.184 e. The van der Waals surface area contributed by atoms with Gasteiger partial charge in [-0.05, 0) is 17.7 Å². The SMILES string of the molecule is N#Cc1ccc(CC(=O)c2cnc[nH]2)cc1. The predicted octanol–water partition coefficient (Wildman–Crippen LogP) is 1.71. The molecule has 2 aromatic rings. The van der Waals surface area contributed by atoms with Gasteiger partial charge in [-0.25, -0.2) is 4.98 Å². The Morgan fingerprint density at radius 2 is 2.12 bits per heavy atom. The van der Waals surface area contributed by atoms with Gasteiger partial charge in [-0.2, -0.15) is 5.26 Å². The van der Waals surface area contributed by atoms with E-state index in [0.29, 0.717) is 17.7 Å². The summed E-state index contributed by atoms with van der Waals surface area (Å²) in [6.45, 7) is 0. The molecule has 0 bridgehead atoms. The summed E-state index contributed by atoms with van der Waals surface area (Å²) >= 11 is 0. The lowest BCUT2D eigenvalue weighted by Crippen LogP contribution is -2.03. The van der Waals surface area contributed by atoms with Gasteiger partial charge in [0.05, 0.1) is 24.2 Å². The maximum atomic E-state index is 11.7. The number of Topliss-reactive ketones (excluding diaryl/α,β-unsaturated/α-hetero) is 1. The number of nitrogens with one attached hydrogen (secondary N) is 1. The molecule has 0 aliphatic carbocycles. The van der Waals surface area contributed by atoms with E-state index in [1.165, 1.54) is 12.5 Å². The fourth-order valence-corrected chi connectivity index (χ4v) is 1.39. The standard InChI is InChI=1S/C12H9N3O/c13-6-10-3-1-9(2-4-10)5-12(16)11-7-14-8-15-11/h1-4,7-8H,5H2,(H,14,15). The van der Waals surface area contributed by atoms with Crippen LogP contribution in [-0.4, -0.2) is 15.8 Å². The van der Waals surface area contributed by atoms with E-state index in [1.54, 1.807) is 24.3 Å². The Balaban J connectivity index is 2.10. The number of carbonyl (C=O) groups excluding carboxylic acids is 1. The summed E-state index contributed by atoms with van der Waals surface area (Å²) in [6, 6.07) is 9.01. The summed E-state index contributed by atoms with van der Waals surface area (Å²) in [7, 11) is 0. The zero-order valence-electron chi connectivity index (χ0n) is 8.47. The van der Waals surface area contributed by atoms with Gasteiger partial charge in [-0.1, -0.05) is 12.1 Å². The van der Waals surface area contributed by atoms with Crippen LogP contribution in [0.25, 0.3) is 0 Å². The zero-order chi connectivity index (χ0) is 11.4. The number of hydrogen-bond acceptors (Lipinski definition) is 3. The van der Waals surface area contributed by atoms with Gasteiger partial charge in [0.25, 0.3) is 0 Å².